The van der Waals surface area contributed by atoms with Crippen molar-refractivity contribution in [3.63, 3.8) is 0 Å². The number of aliphatic hydroxyl groups excluding tert-OH is 1. The molecule has 0 bridgehead atoms. The molecule has 6 rings (SSSR count). The van der Waals surface area contributed by atoms with Crippen LogP contribution in [0.15, 0.2) is 60.0 Å². The van der Waals surface area contributed by atoms with Gasteiger partial charge in [0.15, 0.2) is 12.1 Å². The third-order valence-electron chi connectivity index (χ3n) is 6.19. The lowest BCUT2D eigenvalue weighted by atomic mass is 9.91. The lowest BCUT2D eigenvalue weighted by Gasteiger charge is -2.46. The number of hydrogen-bond donors (Lipinski definition) is 1. The van der Waals surface area contributed by atoms with Gasteiger partial charge in [-0.2, -0.15) is 5.10 Å². The molecule has 2 aromatic carbocycles. The largest absolute Gasteiger partial charge is 0.389 e. The molecule has 1 N–H and O–H groups in total. The van der Waals surface area contributed by atoms with Crippen LogP contribution in [0.5, 0.6) is 0 Å². The van der Waals surface area contributed by atoms with Crippen LogP contribution >= 0.6 is 11.3 Å². The summed E-state index contributed by atoms with van der Waals surface area (Å²) in [5, 5.41) is 20.5. The number of thiazole rings is 1. The Kier molecular flexibility index (Phi) is 5.69. The van der Waals surface area contributed by atoms with E-state index in [2.05, 4.69) is 25.1 Å². The third-order valence-corrected chi connectivity index (χ3v) is 7.12. The molecule has 35 heavy (non-hydrogen) atoms. The van der Waals surface area contributed by atoms with Crippen molar-refractivity contribution in [1.82, 2.24) is 19.7 Å². The van der Waals surface area contributed by atoms with Gasteiger partial charge in [0.2, 0.25) is 0 Å². The van der Waals surface area contributed by atoms with Crippen LogP contribution in [0.2, 0.25) is 0 Å². The molecule has 4 heterocycles. The summed E-state index contributed by atoms with van der Waals surface area (Å²) in [6.45, 7) is 2.16. The highest BCUT2D eigenvalue weighted by Crippen LogP contribution is 2.40. The van der Waals surface area contributed by atoms with Gasteiger partial charge in [-0.3, -0.25) is 0 Å². The van der Waals surface area contributed by atoms with E-state index in [9.17, 15) is 10.6 Å². The second-order valence-electron chi connectivity index (χ2n) is 8.37. The van der Waals surface area contributed by atoms with Gasteiger partial charge in [-0.05, 0) is 30.7 Å². The maximum absolute atomic E-state index is 11.3. The van der Waals surface area contributed by atoms with Crippen molar-refractivity contribution in [2.75, 3.05) is 6.61 Å². The van der Waals surface area contributed by atoms with E-state index in [1.54, 1.807) is 16.0 Å². The molecule has 2 aliphatic heterocycles. The summed E-state index contributed by atoms with van der Waals surface area (Å²) < 4.78 is 20.9. The van der Waals surface area contributed by atoms with Crippen LogP contribution in [-0.4, -0.2) is 55.8 Å². The predicted molar refractivity (Wildman–Crippen MR) is 126 cm³/mol. The van der Waals surface area contributed by atoms with Crippen LogP contribution in [0.3, 0.4) is 0 Å². The van der Waals surface area contributed by atoms with Crippen LogP contribution in [-0.2, 0) is 14.2 Å². The standard InChI is InChI=1S/C23H21N7O4S/c1-12-27-15-8-7-14(9-17(15)35-12)30-22(25-11-26-30)21-19(31)18(28-29-24)20-16(33-21)10-32-23(34-20)13-5-3-2-4-6-13/h2-9,11,16,18-21,23,31H,10H2,1H3/t16-,18-,19-,20+,21-,23?/m1/s1. The minimum Gasteiger partial charge on any atom is -0.389 e. The van der Waals surface area contributed by atoms with Crippen molar-refractivity contribution in [3.8, 4) is 5.69 Å². The molecule has 178 valence electrons. The summed E-state index contributed by atoms with van der Waals surface area (Å²) in [6, 6.07) is 14.3. The molecule has 0 spiro atoms. The smallest absolute Gasteiger partial charge is 0.184 e. The quantitative estimate of drug-likeness (QED) is 0.260. The third kappa shape index (κ3) is 3.96. The van der Waals surface area contributed by atoms with Crippen molar-refractivity contribution in [2.24, 2.45) is 5.11 Å². The van der Waals surface area contributed by atoms with E-state index in [0.29, 0.717) is 5.82 Å². The van der Waals surface area contributed by atoms with Crippen LogP contribution in [0.4, 0.5) is 0 Å². The van der Waals surface area contributed by atoms with E-state index in [0.717, 1.165) is 26.5 Å². The average Bonchev–Trinajstić information content (AvgIpc) is 3.51. The minimum absolute atomic E-state index is 0.200. The average molecular weight is 492 g/mol. The first kappa shape index (κ1) is 22.1. The zero-order valence-corrected chi connectivity index (χ0v) is 19.4. The number of hydrogen-bond acceptors (Lipinski definition) is 9. The molecule has 0 amide bonds. The number of aryl methyl sites for hydroxylation is 1. The van der Waals surface area contributed by atoms with Gasteiger partial charge in [0.1, 0.15) is 24.6 Å². The van der Waals surface area contributed by atoms with Crippen molar-refractivity contribution in [2.45, 2.75) is 43.7 Å². The molecule has 12 heteroatoms. The molecule has 1 unspecified atom stereocenters. The van der Waals surface area contributed by atoms with Crippen LogP contribution in [0.1, 0.15) is 28.8 Å². The van der Waals surface area contributed by atoms with Gasteiger partial charge in [-0.1, -0.05) is 35.4 Å². The molecule has 4 aromatic rings. The van der Waals surface area contributed by atoms with Crippen molar-refractivity contribution < 1.29 is 19.3 Å². The van der Waals surface area contributed by atoms with Crippen molar-refractivity contribution >= 4 is 21.6 Å². The van der Waals surface area contributed by atoms with Crippen molar-refractivity contribution in [1.29, 1.82) is 0 Å². The molecule has 0 saturated carbocycles. The highest BCUT2D eigenvalue weighted by molar-refractivity contribution is 7.18. The Balaban J connectivity index is 1.32. The Morgan fingerprint density at radius 2 is 2.06 bits per heavy atom. The number of ether oxygens (including phenoxy) is 3. The normalized spacial score (nSPS) is 28.4. The Morgan fingerprint density at radius 1 is 1.20 bits per heavy atom. The van der Waals surface area contributed by atoms with Crippen LogP contribution in [0.25, 0.3) is 26.3 Å². The highest BCUT2D eigenvalue weighted by atomic mass is 32.1. The zero-order chi connectivity index (χ0) is 23.9. The summed E-state index contributed by atoms with van der Waals surface area (Å²) in [5.74, 6) is 0.389. The lowest BCUT2D eigenvalue weighted by Crippen LogP contribution is -2.58. The first-order chi connectivity index (χ1) is 17.1. The van der Waals surface area contributed by atoms with Crippen LogP contribution in [0, 0.1) is 6.92 Å². The van der Waals surface area contributed by atoms with E-state index in [4.69, 9.17) is 14.2 Å². The van der Waals surface area contributed by atoms with Gasteiger partial charge in [0.25, 0.3) is 0 Å². The number of aliphatic hydroxyl groups is 1. The van der Waals surface area contributed by atoms with E-state index in [-0.39, 0.29) is 6.61 Å². The second-order valence-corrected chi connectivity index (χ2v) is 9.61. The van der Waals surface area contributed by atoms with E-state index >= 15 is 0 Å². The van der Waals surface area contributed by atoms with Gasteiger partial charge in [-0.15, -0.1) is 11.3 Å². The zero-order valence-electron chi connectivity index (χ0n) is 18.6. The van der Waals surface area contributed by atoms with E-state index in [1.807, 2.05) is 55.5 Å². The van der Waals surface area contributed by atoms with E-state index in [1.165, 1.54) is 6.33 Å². The molecular weight excluding hydrogens is 470 g/mol. The van der Waals surface area contributed by atoms with E-state index < -0.39 is 36.7 Å². The summed E-state index contributed by atoms with van der Waals surface area (Å²) >= 11 is 1.58. The van der Waals surface area contributed by atoms with Gasteiger partial charge >= 0.3 is 0 Å². The first-order valence-electron chi connectivity index (χ1n) is 11.1. The number of nitrogens with zero attached hydrogens (tertiary/aromatic N) is 7. The second kappa shape index (κ2) is 9.00. The molecule has 0 radical (unpaired) electrons. The van der Waals surface area contributed by atoms with Crippen LogP contribution < -0.4 is 0 Å². The molecule has 0 aliphatic carbocycles. The molecule has 2 aromatic heterocycles. The maximum Gasteiger partial charge on any atom is 0.184 e. The highest BCUT2D eigenvalue weighted by Gasteiger charge is 2.50. The molecule has 11 nitrogen and oxygen atoms in total. The molecule has 2 fully saturated rings. The lowest BCUT2D eigenvalue weighted by molar-refractivity contribution is -0.309. The Labute approximate surface area is 203 Å². The maximum atomic E-state index is 11.3. The number of fused-ring (bicyclic) bond motifs is 2. The summed E-state index contributed by atoms with van der Waals surface area (Å²) in [6.07, 6.45) is -2.63. The Bertz CT molecular complexity index is 1400. The van der Waals surface area contributed by atoms with Gasteiger partial charge in [0, 0.05) is 10.5 Å². The predicted octanol–water partition coefficient (Wildman–Crippen LogP) is 3.78. The summed E-state index contributed by atoms with van der Waals surface area (Å²) in [4.78, 5) is 11.9. The molecule has 2 aliphatic rings. The number of benzene rings is 2. The Hall–Kier alpha value is -3.38. The SMILES string of the molecule is Cc1nc2ccc(-n3ncnc3[C@@H]3O[C@@H]4COC(c5ccccc5)O[C@@H]4[C@H](N=[N+]=[N-])[C@H]3O)cc2s1. The topological polar surface area (TPSA) is 140 Å². The fourth-order valence-corrected chi connectivity index (χ4v) is 5.46. The summed E-state index contributed by atoms with van der Waals surface area (Å²) in [7, 11) is 0. The number of azide groups is 1. The monoisotopic (exact) mass is 491 g/mol. The fourth-order valence-electron chi connectivity index (χ4n) is 4.60. The first-order valence-corrected chi connectivity index (χ1v) is 11.9. The Morgan fingerprint density at radius 3 is 2.89 bits per heavy atom. The number of aromatic nitrogens is 4. The van der Waals surface area contributed by atoms with Gasteiger partial charge in [0.05, 0.1) is 39.7 Å². The molecule has 2 saturated heterocycles. The fraction of sp³-hybridized carbons (Fsp3) is 0.348. The summed E-state index contributed by atoms with van der Waals surface area (Å²) in [5.41, 5.74) is 11.7. The minimum atomic E-state index is -1.21. The number of rotatable bonds is 4. The molecular formula is C23H21N7O4S. The van der Waals surface area contributed by atoms with Gasteiger partial charge < -0.3 is 19.3 Å². The molecule has 6 atom stereocenters. The van der Waals surface area contributed by atoms with Gasteiger partial charge in [-0.25, -0.2) is 14.6 Å². The van der Waals surface area contributed by atoms with Crippen molar-refractivity contribution in [3.05, 3.63) is 81.7 Å².